The molecule has 0 N–H and O–H groups in total. The van der Waals surface area contributed by atoms with Gasteiger partial charge in [-0.2, -0.15) is 0 Å². The summed E-state index contributed by atoms with van der Waals surface area (Å²) in [5.74, 6) is 0.718. The van der Waals surface area contributed by atoms with E-state index in [1.165, 1.54) is 5.56 Å². The second-order valence-corrected chi connectivity index (χ2v) is 5.42. The second-order valence-electron chi connectivity index (χ2n) is 4.57. The molecule has 0 saturated carbocycles. The van der Waals surface area contributed by atoms with Crippen LogP contribution in [0.25, 0.3) is 11.0 Å². The maximum atomic E-state index is 6.47. The van der Waals surface area contributed by atoms with Gasteiger partial charge in [0.15, 0.2) is 0 Å². The zero-order valence-electron chi connectivity index (χ0n) is 10.4. The summed E-state index contributed by atoms with van der Waals surface area (Å²) in [6.45, 7) is 2.05. The minimum Gasteiger partial charge on any atom is -0.459 e. The van der Waals surface area contributed by atoms with Crippen molar-refractivity contribution in [1.82, 2.24) is 0 Å². The molecule has 0 aliphatic heterocycles. The standard InChI is InChI=1S/C16H12Cl2O/c1-10-6-7-14-11(8-10)9-15(19-14)16(18)12-4-2-3-5-13(12)17/h2-9,16H,1H3. The number of rotatable bonds is 2. The molecule has 1 atom stereocenters. The smallest absolute Gasteiger partial charge is 0.134 e. The SMILES string of the molecule is Cc1ccc2oc(C(Cl)c3ccccc3Cl)cc2c1. The molecule has 3 aromatic rings. The van der Waals surface area contributed by atoms with Crippen LogP contribution >= 0.6 is 23.2 Å². The van der Waals surface area contributed by atoms with Gasteiger partial charge in [-0.1, -0.05) is 41.4 Å². The number of fused-ring (bicyclic) bond motifs is 1. The molecular formula is C16H12Cl2O. The van der Waals surface area contributed by atoms with Gasteiger partial charge in [0.2, 0.25) is 0 Å². The number of hydrogen-bond acceptors (Lipinski definition) is 1. The highest BCUT2D eigenvalue weighted by molar-refractivity contribution is 6.33. The fraction of sp³-hybridized carbons (Fsp3) is 0.125. The van der Waals surface area contributed by atoms with E-state index < -0.39 is 0 Å². The van der Waals surface area contributed by atoms with Crippen molar-refractivity contribution in [2.45, 2.75) is 12.3 Å². The van der Waals surface area contributed by atoms with E-state index in [2.05, 4.69) is 13.0 Å². The minimum atomic E-state index is -0.374. The van der Waals surface area contributed by atoms with Crippen molar-refractivity contribution in [3.63, 3.8) is 0 Å². The Kier molecular flexibility index (Phi) is 3.26. The van der Waals surface area contributed by atoms with Gasteiger partial charge in [0.05, 0.1) is 0 Å². The van der Waals surface area contributed by atoms with Crippen molar-refractivity contribution in [2.75, 3.05) is 0 Å². The fourth-order valence-corrected chi connectivity index (χ4v) is 2.74. The maximum Gasteiger partial charge on any atom is 0.134 e. The second kappa shape index (κ2) is 4.92. The van der Waals surface area contributed by atoms with E-state index >= 15 is 0 Å². The van der Waals surface area contributed by atoms with Crippen molar-refractivity contribution in [3.05, 3.63) is 70.4 Å². The Balaban J connectivity index is 2.07. The van der Waals surface area contributed by atoms with Gasteiger partial charge in [-0.05, 0) is 36.8 Å². The van der Waals surface area contributed by atoms with Crippen molar-refractivity contribution < 1.29 is 4.42 Å². The van der Waals surface area contributed by atoms with E-state index in [0.29, 0.717) is 5.02 Å². The number of hydrogen-bond donors (Lipinski definition) is 0. The Morgan fingerprint density at radius 2 is 1.84 bits per heavy atom. The van der Waals surface area contributed by atoms with Gasteiger partial charge < -0.3 is 4.42 Å². The summed E-state index contributed by atoms with van der Waals surface area (Å²) >= 11 is 12.6. The highest BCUT2D eigenvalue weighted by Gasteiger charge is 2.18. The quantitative estimate of drug-likeness (QED) is 0.550. The lowest BCUT2D eigenvalue weighted by atomic mass is 10.1. The van der Waals surface area contributed by atoms with Gasteiger partial charge in [0, 0.05) is 10.4 Å². The zero-order chi connectivity index (χ0) is 13.4. The predicted octanol–water partition coefficient (Wildman–Crippen LogP) is 5.72. The first-order valence-corrected chi connectivity index (χ1v) is 6.85. The molecule has 19 heavy (non-hydrogen) atoms. The highest BCUT2D eigenvalue weighted by Crippen LogP contribution is 2.36. The Hall–Kier alpha value is -1.44. The molecule has 0 saturated heterocycles. The molecule has 0 bridgehead atoms. The topological polar surface area (TPSA) is 13.1 Å². The predicted molar refractivity (Wildman–Crippen MR) is 80.1 cm³/mol. The molecule has 1 unspecified atom stereocenters. The summed E-state index contributed by atoms with van der Waals surface area (Å²) in [6.07, 6.45) is 0. The molecule has 1 heterocycles. The molecular weight excluding hydrogens is 279 g/mol. The van der Waals surface area contributed by atoms with Crippen LogP contribution in [-0.4, -0.2) is 0 Å². The van der Waals surface area contributed by atoms with E-state index in [4.69, 9.17) is 27.6 Å². The fourth-order valence-electron chi connectivity index (χ4n) is 2.14. The Labute approximate surface area is 121 Å². The first kappa shape index (κ1) is 12.6. The minimum absolute atomic E-state index is 0.374. The van der Waals surface area contributed by atoms with Gasteiger partial charge in [0.1, 0.15) is 16.7 Å². The summed E-state index contributed by atoms with van der Waals surface area (Å²) < 4.78 is 5.80. The Morgan fingerprint density at radius 3 is 2.63 bits per heavy atom. The lowest BCUT2D eigenvalue weighted by Gasteiger charge is -2.08. The number of benzene rings is 2. The molecule has 3 heteroatoms. The van der Waals surface area contributed by atoms with Gasteiger partial charge in [0.25, 0.3) is 0 Å². The van der Waals surface area contributed by atoms with Crippen LogP contribution in [0.2, 0.25) is 5.02 Å². The van der Waals surface area contributed by atoms with Crippen LogP contribution in [-0.2, 0) is 0 Å². The summed E-state index contributed by atoms with van der Waals surface area (Å²) in [7, 11) is 0. The van der Waals surface area contributed by atoms with Crippen LogP contribution in [0, 0.1) is 6.92 Å². The third-order valence-electron chi connectivity index (χ3n) is 3.12. The average Bonchev–Trinajstić information content (AvgIpc) is 2.81. The largest absolute Gasteiger partial charge is 0.459 e. The lowest BCUT2D eigenvalue weighted by Crippen LogP contribution is -1.91. The summed E-state index contributed by atoms with van der Waals surface area (Å²) in [6, 6.07) is 15.6. The molecule has 0 aliphatic rings. The van der Waals surface area contributed by atoms with Gasteiger partial charge in [-0.3, -0.25) is 0 Å². The third-order valence-corrected chi connectivity index (χ3v) is 3.91. The number of alkyl halides is 1. The summed E-state index contributed by atoms with van der Waals surface area (Å²) in [4.78, 5) is 0. The van der Waals surface area contributed by atoms with E-state index in [9.17, 15) is 0 Å². The molecule has 0 amide bonds. The van der Waals surface area contributed by atoms with Crippen molar-refractivity contribution in [3.8, 4) is 0 Å². The van der Waals surface area contributed by atoms with Crippen molar-refractivity contribution in [2.24, 2.45) is 0 Å². The molecule has 0 aliphatic carbocycles. The van der Waals surface area contributed by atoms with Gasteiger partial charge in [-0.25, -0.2) is 0 Å². The number of halogens is 2. The molecule has 96 valence electrons. The highest BCUT2D eigenvalue weighted by atomic mass is 35.5. The summed E-state index contributed by atoms with van der Waals surface area (Å²) in [5.41, 5.74) is 2.91. The average molecular weight is 291 g/mol. The maximum absolute atomic E-state index is 6.47. The monoisotopic (exact) mass is 290 g/mol. The number of aryl methyl sites for hydroxylation is 1. The van der Waals surface area contributed by atoms with Crippen molar-refractivity contribution >= 4 is 34.2 Å². The first-order chi connectivity index (χ1) is 9.15. The zero-order valence-corrected chi connectivity index (χ0v) is 11.9. The summed E-state index contributed by atoms with van der Waals surface area (Å²) in [5, 5.41) is 1.34. The van der Waals surface area contributed by atoms with Crippen LogP contribution < -0.4 is 0 Å². The molecule has 0 spiro atoms. The first-order valence-electron chi connectivity index (χ1n) is 6.04. The van der Waals surface area contributed by atoms with Crippen LogP contribution in [0.15, 0.2) is 52.9 Å². The van der Waals surface area contributed by atoms with Crippen LogP contribution in [0.1, 0.15) is 22.3 Å². The Bertz CT molecular complexity index is 730. The normalized spacial score (nSPS) is 12.8. The molecule has 2 aromatic carbocycles. The molecule has 0 fully saturated rings. The number of furan rings is 1. The molecule has 3 rings (SSSR count). The van der Waals surface area contributed by atoms with Gasteiger partial charge in [-0.15, -0.1) is 11.6 Å². The molecule has 1 aromatic heterocycles. The lowest BCUT2D eigenvalue weighted by molar-refractivity contribution is 0.557. The van der Waals surface area contributed by atoms with E-state index in [1.807, 2.05) is 42.5 Å². The van der Waals surface area contributed by atoms with Crippen LogP contribution in [0.3, 0.4) is 0 Å². The van der Waals surface area contributed by atoms with E-state index in [-0.39, 0.29) is 5.38 Å². The van der Waals surface area contributed by atoms with E-state index in [1.54, 1.807) is 0 Å². The van der Waals surface area contributed by atoms with Crippen LogP contribution in [0.5, 0.6) is 0 Å². The Morgan fingerprint density at radius 1 is 1.05 bits per heavy atom. The van der Waals surface area contributed by atoms with Crippen molar-refractivity contribution in [1.29, 1.82) is 0 Å². The third kappa shape index (κ3) is 2.36. The molecule has 1 nitrogen and oxygen atoms in total. The van der Waals surface area contributed by atoms with Crippen LogP contribution in [0.4, 0.5) is 0 Å². The van der Waals surface area contributed by atoms with E-state index in [0.717, 1.165) is 22.3 Å². The van der Waals surface area contributed by atoms with Gasteiger partial charge >= 0.3 is 0 Å². The molecule has 0 radical (unpaired) electrons.